The summed E-state index contributed by atoms with van der Waals surface area (Å²) >= 11 is 0. The van der Waals surface area contributed by atoms with E-state index in [1.54, 1.807) is 6.92 Å². The highest BCUT2D eigenvalue weighted by molar-refractivity contribution is 6.01. The molecule has 15 heavy (non-hydrogen) atoms. The van der Waals surface area contributed by atoms with Gasteiger partial charge in [-0.15, -0.1) is 0 Å². The number of amidine groups is 1. The lowest BCUT2D eigenvalue weighted by molar-refractivity contribution is -0.133. The van der Waals surface area contributed by atoms with E-state index >= 15 is 0 Å². The molecule has 0 heterocycles. The Hall–Kier alpha value is -1.30. The van der Waals surface area contributed by atoms with Crippen molar-refractivity contribution in [3.05, 3.63) is 0 Å². The molecule has 1 amide bonds. The first-order chi connectivity index (χ1) is 7.08. The minimum absolute atomic E-state index is 0.0887. The Kier molecular flexibility index (Phi) is 6.44. The van der Waals surface area contributed by atoms with Crippen LogP contribution < -0.4 is 5.73 Å². The normalized spacial score (nSPS) is 13.7. The number of hydrogen-bond donors (Lipinski definition) is 3. The predicted molar refractivity (Wildman–Crippen MR) is 56.5 cm³/mol. The highest BCUT2D eigenvalue weighted by atomic mass is 16.4. The smallest absolute Gasteiger partial charge is 0.233 e. The largest absolute Gasteiger partial charge is 0.409 e. The van der Waals surface area contributed by atoms with E-state index in [4.69, 9.17) is 16.0 Å². The molecule has 0 aromatic heterocycles. The van der Waals surface area contributed by atoms with Crippen molar-refractivity contribution < 1.29 is 15.1 Å². The first-order valence-corrected chi connectivity index (χ1v) is 4.95. The van der Waals surface area contributed by atoms with Crippen LogP contribution in [0.4, 0.5) is 0 Å². The van der Waals surface area contributed by atoms with Crippen molar-refractivity contribution in [1.29, 1.82) is 0 Å². The van der Waals surface area contributed by atoms with Crippen LogP contribution in [-0.2, 0) is 4.79 Å². The van der Waals surface area contributed by atoms with Crippen molar-refractivity contribution >= 4 is 11.7 Å². The van der Waals surface area contributed by atoms with Crippen molar-refractivity contribution in [3.8, 4) is 0 Å². The van der Waals surface area contributed by atoms with Crippen LogP contribution in [-0.4, -0.2) is 46.7 Å². The Balaban J connectivity index is 4.47. The number of aliphatic hydroxyl groups excluding tert-OH is 1. The van der Waals surface area contributed by atoms with E-state index in [-0.39, 0.29) is 24.9 Å². The van der Waals surface area contributed by atoms with Crippen LogP contribution in [0.3, 0.4) is 0 Å². The number of rotatable bonds is 6. The van der Waals surface area contributed by atoms with Crippen LogP contribution in [0.25, 0.3) is 0 Å². The summed E-state index contributed by atoms with van der Waals surface area (Å²) in [5, 5.41) is 20.0. The Morgan fingerprint density at radius 3 is 2.53 bits per heavy atom. The molecular formula is C9H19N3O3. The molecule has 0 spiro atoms. The topological polar surface area (TPSA) is 99.2 Å². The summed E-state index contributed by atoms with van der Waals surface area (Å²) in [6.07, 6.45) is 0.800. The Labute approximate surface area is 89.4 Å². The fourth-order valence-corrected chi connectivity index (χ4v) is 1.21. The molecule has 0 aliphatic carbocycles. The number of oxime groups is 1. The Bertz CT molecular complexity index is 225. The van der Waals surface area contributed by atoms with Gasteiger partial charge in [0.15, 0.2) is 5.84 Å². The summed E-state index contributed by atoms with van der Waals surface area (Å²) in [6, 6.07) is 0. The van der Waals surface area contributed by atoms with Gasteiger partial charge < -0.3 is 20.9 Å². The molecule has 4 N–H and O–H groups in total. The van der Waals surface area contributed by atoms with Crippen molar-refractivity contribution in [2.45, 2.75) is 20.3 Å². The predicted octanol–water partition coefficient (Wildman–Crippen LogP) is -0.400. The van der Waals surface area contributed by atoms with Gasteiger partial charge in [0.1, 0.15) is 0 Å². The standard InChI is InChI=1S/C9H19N3O3/c1-3-4-12(5-6-13)9(14)7(2)8(10)11-15/h7,13,15H,3-6H2,1-2H3,(H2,10,11). The van der Waals surface area contributed by atoms with Gasteiger partial charge in [0, 0.05) is 13.1 Å². The zero-order valence-electron chi connectivity index (χ0n) is 9.18. The third-order valence-electron chi connectivity index (χ3n) is 2.10. The van der Waals surface area contributed by atoms with Gasteiger partial charge in [-0.25, -0.2) is 0 Å². The summed E-state index contributed by atoms with van der Waals surface area (Å²) in [5.74, 6) is -1.01. The van der Waals surface area contributed by atoms with Gasteiger partial charge in [0.2, 0.25) is 5.91 Å². The van der Waals surface area contributed by atoms with Crippen molar-refractivity contribution in [3.63, 3.8) is 0 Å². The summed E-state index contributed by atoms with van der Waals surface area (Å²) in [7, 11) is 0. The number of hydrogen-bond acceptors (Lipinski definition) is 4. The molecule has 0 aromatic rings. The van der Waals surface area contributed by atoms with E-state index in [0.29, 0.717) is 6.54 Å². The Morgan fingerprint density at radius 2 is 2.13 bits per heavy atom. The molecule has 0 saturated heterocycles. The monoisotopic (exact) mass is 217 g/mol. The molecule has 0 fully saturated rings. The molecule has 6 heteroatoms. The van der Waals surface area contributed by atoms with E-state index in [0.717, 1.165) is 6.42 Å². The summed E-state index contributed by atoms with van der Waals surface area (Å²) in [5.41, 5.74) is 5.34. The molecule has 88 valence electrons. The first kappa shape index (κ1) is 13.7. The fraction of sp³-hybridized carbons (Fsp3) is 0.778. The van der Waals surface area contributed by atoms with Gasteiger partial charge in [0.25, 0.3) is 0 Å². The zero-order valence-corrected chi connectivity index (χ0v) is 9.18. The third-order valence-corrected chi connectivity index (χ3v) is 2.10. The molecule has 0 saturated carbocycles. The average molecular weight is 217 g/mol. The van der Waals surface area contributed by atoms with Gasteiger partial charge >= 0.3 is 0 Å². The maximum Gasteiger partial charge on any atom is 0.233 e. The lowest BCUT2D eigenvalue weighted by atomic mass is 10.1. The summed E-state index contributed by atoms with van der Waals surface area (Å²) in [6.45, 7) is 4.25. The number of amides is 1. The molecular weight excluding hydrogens is 198 g/mol. The van der Waals surface area contributed by atoms with E-state index in [1.807, 2.05) is 6.92 Å². The number of carbonyl (C=O) groups excluding carboxylic acids is 1. The summed E-state index contributed by atoms with van der Waals surface area (Å²) < 4.78 is 0. The van der Waals surface area contributed by atoms with Gasteiger partial charge in [0.05, 0.1) is 12.5 Å². The first-order valence-electron chi connectivity index (χ1n) is 4.95. The van der Waals surface area contributed by atoms with Gasteiger partial charge in [-0.2, -0.15) is 0 Å². The highest BCUT2D eigenvalue weighted by Gasteiger charge is 2.22. The van der Waals surface area contributed by atoms with E-state index < -0.39 is 5.92 Å². The van der Waals surface area contributed by atoms with Crippen LogP contribution in [0, 0.1) is 5.92 Å². The zero-order chi connectivity index (χ0) is 11.8. The SMILES string of the molecule is CCCN(CCO)C(=O)C(C)C(N)=NO. The average Bonchev–Trinajstić information content (AvgIpc) is 2.25. The molecule has 0 aliphatic heterocycles. The molecule has 0 radical (unpaired) electrons. The molecule has 0 rings (SSSR count). The number of aliphatic hydroxyl groups is 1. The lowest BCUT2D eigenvalue weighted by Crippen LogP contribution is -2.42. The maximum absolute atomic E-state index is 11.8. The van der Waals surface area contributed by atoms with Crippen LogP contribution in [0.15, 0.2) is 5.16 Å². The van der Waals surface area contributed by atoms with Crippen molar-refractivity contribution in [2.24, 2.45) is 16.8 Å². The van der Waals surface area contributed by atoms with Crippen LogP contribution in [0.2, 0.25) is 0 Å². The fourth-order valence-electron chi connectivity index (χ4n) is 1.21. The number of carbonyl (C=O) groups is 1. The minimum atomic E-state index is -0.659. The van der Waals surface area contributed by atoms with Gasteiger partial charge in [-0.05, 0) is 13.3 Å². The van der Waals surface area contributed by atoms with E-state index in [1.165, 1.54) is 4.90 Å². The molecule has 1 atom stereocenters. The molecule has 0 aliphatic rings. The van der Waals surface area contributed by atoms with E-state index in [9.17, 15) is 4.79 Å². The molecule has 1 unspecified atom stereocenters. The third kappa shape index (κ3) is 4.16. The molecule has 6 nitrogen and oxygen atoms in total. The second-order valence-corrected chi connectivity index (χ2v) is 3.30. The maximum atomic E-state index is 11.8. The molecule has 0 aromatic carbocycles. The minimum Gasteiger partial charge on any atom is -0.409 e. The second kappa shape index (κ2) is 7.05. The Morgan fingerprint density at radius 1 is 1.53 bits per heavy atom. The van der Waals surface area contributed by atoms with Crippen LogP contribution >= 0.6 is 0 Å². The van der Waals surface area contributed by atoms with E-state index in [2.05, 4.69) is 5.16 Å². The second-order valence-electron chi connectivity index (χ2n) is 3.30. The lowest BCUT2D eigenvalue weighted by Gasteiger charge is -2.23. The highest BCUT2D eigenvalue weighted by Crippen LogP contribution is 2.03. The number of nitrogens with zero attached hydrogens (tertiary/aromatic N) is 2. The van der Waals surface area contributed by atoms with Crippen LogP contribution in [0.1, 0.15) is 20.3 Å². The van der Waals surface area contributed by atoms with Crippen molar-refractivity contribution in [1.82, 2.24) is 4.90 Å². The van der Waals surface area contributed by atoms with Gasteiger partial charge in [-0.1, -0.05) is 12.1 Å². The van der Waals surface area contributed by atoms with Crippen LogP contribution in [0.5, 0.6) is 0 Å². The van der Waals surface area contributed by atoms with Gasteiger partial charge in [-0.3, -0.25) is 4.79 Å². The van der Waals surface area contributed by atoms with Crippen molar-refractivity contribution in [2.75, 3.05) is 19.7 Å². The molecule has 0 bridgehead atoms. The number of nitrogens with two attached hydrogens (primary N) is 1. The summed E-state index contributed by atoms with van der Waals surface area (Å²) in [4.78, 5) is 13.3. The quantitative estimate of drug-likeness (QED) is 0.244.